The third-order valence-corrected chi connectivity index (χ3v) is 7.21. The fraction of sp³-hybridized carbons (Fsp3) is 0.679. The van der Waals surface area contributed by atoms with E-state index < -0.39 is 97.0 Å². The van der Waals surface area contributed by atoms with Gasteiger partial charge in [0.05, 0.1) is 19.7 Å². The average molecular weight is 771 g/mol. The van der Waals surface area contributed by atoms with Crippen molar-refractivity contribution in [2.24, 2.45) is 0 Å². The van der Waals surface area contributed by atoms with Gasteiger partial charge in [0, 0.05) is 40.4 Å². The number of aliphatic hydroxyl groups is 1. The van der Waals surface area contributed by atoms with Crippen molar-refractivity contribution < 1.29 is 65.3 Å². The van der Waals surface area contributed by atoms with Gasteiger partial charge in [0.25, 0.3) is 0 Å². The van der Waals surface area contributed by atoms with Gasteiger partial charge in [-0.3, -0.25) is 43.2 Å². The summed E-state index contributed by atoms with van der Waals surface area (Å²) in [5, 5.41) is 59.1. The Morgan fingerprint density at radius 1 is 0.569 bits per heavy atom. The third kappa shape index (κ3) is 17.9. The van der Waals surface area contributed by atoms with Crippen LogP contribution in [0.2, 0.25) is 0 Å². The number of nitrogens with zero attached hydrogens (tertiary/aromatic N) is 3. The summed E-state index contributed by atoms with van der Waals surface area (Å²) in [6.07, 6.45) is -1.09. The van der Waals surface area contributed by atoms with E-state index in [0.717, 1.165) is 20.8 Å². The first-order valence-electron chi connectivity index (χ1n) is 15.7. The van der Waals surface area contributed by atoms with Gasteiger partial charge in [-0.25, -0.2) is 0 Å². The fourth-order valence-electron chi connectivity index (χ4n) is 4.41. The predicted molar refractivity (Wildman–Crippen MR) is 171 cm³/mol. The molecule has 0 saturated carbocycles. The third-order valence-electron chi connectivity index (χ3n) is 7.21. The quantitative estimate of drug-likeness (QED) is 0.0688. The van der Waals surface area contributed by atoms with Gasteiger partial charge in [-0.1, -0.05) is 0 Å². The smallest absolute Gasteiger partial charge is 0.756 e. The van der Waals surface area contributed by atoms with Crippen LogP contribution >= 0.6 is 0 Å². The summed E-state index contributed by atoms with van der Waals surface area (Å²) in [7, 11) is 0. The van der Waals surface area contributed by atoms with Gasteiger partial charge in [0.2, 0.25) is 53.2 Å². The first kappa shape index (κ1) is 46.6. The zero-order valence-corrected chi connectivity index (χ0v) is 29.4. The second-order valence-corrected chi connectivity index (χ2v) is 11.3. The van der Waals surface area contributed by atoms with Crippen molar-refractivity contribution in [1.29, 1.82) is 0 Å². The molecule has 22 nitrogen and oxygen atoms in total. The van der Waals surface area contributed by atoms with Crippen molar-refractivity contribution in [3.8, 4) is 0 Å². The molecule has 1 radical (unpaired) electrons. The second-order valence-electron chi connectivity index (χ2n) is 11.3. The molecule has 0 aliphatic carbocycles. The Morgan fingerprint density at radius 2 is 0.863 bits per heavy atom. The van der Waals surface area contributed by atoms with Crippen molar-refractivity contribution in [3.05, 3.63) is 15.6 Å². The Hall–Kier alpha value is -4.41. The molecular weight excluding hydrogens is 726 g/mol. The summed E-state index contributed by atoms with van der Waals surface area (Å²) in [6, 6.07) is -5.96. The molecule has 0 bridgehead atoms. The van der Waals surface area contributed by atoms with E-state index in [1.54, 1.807) is 0 Å². The molecule has 23 heteroatoms. The van der Waals surface area contributed by atoms with E-state index >= 15 is 0 Å². The van der Waals surface area contributed by atoms with Crippen molar-refractivity contribution >= 4 is 53.2 Å². The standard InChI is InChI=1S/C28H44N9O13.Fe/c1-16(39)35(48)10-4-7-19-25(44)29-14-24(43)32-22(15-38)26(45)30-13-23(42)31-20(8-5-11-36(49)17(2)40)27(46)34-21(28(47)33-19)9-6-12-37(50)18(3)41;/h19-22,38H,4-15H2,1-3H3,(H,29,44)(H,30,45)(H,31,42)(H,32,43)(H,33,47)(H,34,46);/q-3;+3/t19-,20-,21-,22-;/m0./s1. The molecule has 1 saturated heterocycles. The minimum atomic E-state index is -1.56. The first-order valence-corrected chi connectivity index (χ1v) is 15.7. The predicted octanol–water partition coefficient (Wildman–Crippen LogP) is -4.46. The summed E-state index contributed by atoms with van der Waals surface area (Å²) in [6.45, 7) is -0.427. The number of hydroxylamine groups is 6. The van der Waals surface area contributed by atoms with Crippen LogP contribution in [0, 0.1) is 15.6 Å². The van der Waals surface area contributed by atoms with E-state index in [-0.39, 0.29) is 90.4 Å². The van der Waals surface area contributed by atoms with Gasteiger partial charge in [0.1, 0.15) is 24.2 Å². The van der Waals surface area contributed by atoms with Crippen molar-refractivity contribution in [2.45, 2.75) is 83.5 Å². The minimum absolute atomic E-state index is 0. The number of rotatable bonds is 13. The van der Waals surface area contributed by atoms with Crippen LogP contribution in [0.3, 0.4) is 0 Å². The zero-order chi connectivity index (χ0) is 38.0. The molecule has 0 aromatic rings. The Balaban J connectivity index is 0.0000250. The van der Waals surface area contributed by atoms with Crippen LogP contribution in [0.1, 0.15) is 59.3 Å². The van der Waals surface area contributed by atoms with Gasteiger partial charge in [0.15, 0.2) is 0 Å². The molecule has 1 heterocycles. The largest absolute Gasteiger partial charge is 3.00 e. The SMILES string of the molecule is CC(=O)N([O-])CCC[C@@H]1NC(=O)CNC(=O)[C@H](CO)NC(=O)CNC(=O)[C@H](CCCN([O-])C(C)=O)NC(=O)[C@H](CCCN([O-])C(C)=O)NC1=O.[Fe+3]. The minimum Gasteiger partial charge on any atom is -0.756 e. The topological polar surface area (TPSA) is 325 Å². The molecule has 287 valence electrons. The number of aliphatic hydroxyl groups excluding tert-OH is 1. The van der Waals surface area contributed by atoms with Crippen LogP contribution in [-0.2, 0) is 60.2 Å². The molecular formula is C28H44FeN9O13. The molecule has 7 N–H and O–H groups in total. The molecule has 0 aromatic heterocycles. The van der Waals surface area contributed by atoms with Gasteiger partial charge in [-0.15, -0.1) is 0 Å². The molecule has 1 aliphatic heterocycles. The summed E-state index contributed by atoms with van der Waals surface area (Å²) in [4.78, 5) is 112. The Bertz CT molecular complexity index is 1230. The number of carbonyl (C=O) groups excluding carboxylic acids is 9. The maximum absolute atomic E-state index is 13.5. The van der Waals surface area contributed by atoms with E-state index in [0.29, 0.717) is 0 Å². The van der Waals surface area contributed by atoms with Crippen molar-refractivity contribution in [1.82, 2.24) is 47.1 Å². The van der Waals surface area contributed by atoms with E-state index in [9.17, 15) is 63.9 Å². The number of carbonyl (C=O) groups is 9. The maximum Gasteiger partial charge on any atom is 3.00 e. The Morgan fingerprint density at radius 3 is 1.20 bits per heavy atom. The molecule has 0 aromatic carbocycles. The Kier molecular flexibility index (Phi) is 21.8. The number of amides is 9. The summed E-state index contributed by atoms with van der Waals surface area (Å²) >= 11 is 0. The van der Waals surface area contributed by atoms with Crippen LogP contribution in [-0.4, -0.2) is 137 Å². The van der Waals surface area contributed by atoms with Gasteiger partial charge in [-0.2, -0.15) is 0 Å². The number of nitrogens with one attached hydrogen (secondary N) is 6. The molecule has 51 heavy (non-hydrogen) atoms. The zero-order valence-electron chi connectivity index (χ0n) is 28.3. The molecule has 0 spiro atoms. The molecule has 4 atom stereocenters. The monoisotopic (exact) mass is 770 g/mol. The van der Waals surface area contributed by atoms with Crippen LogP contribution in [0.15, 0.2) is 0 Å². The number of hydrogen-bond donors (Lipinski definition) is 7. The molecule has 1 fully saturated rings. The van der Waals surface area contributed by atoms with Crippen LogP contribution in [0.5, 0.6) is 0 Å². The number of hydrogen-bond acceptors (Lipinski definition) is 13. The summed E-state index contributed by atoms with van der Waals surface area (Å²) in [5.41, 5.74) is 0. The van der Waals surface area contributed by atoms with Crippen LogP contribution < -0.4 is 31.9 Å². The second kappa shape index (κ2) is 23.9. The van der Waals surface area contributed by atoms with E-state index in [4.69, 9.17) is 0 Å². The molecule has 9 amide bonds. The van der Waals surface area contributed by atoms with Crippen molar-refractivity contribution in [3.63, 3.8) is 0 Å². The van der Waals surface area contributed by atoms with E-state index in [1.165, 1.54) is 0 Å². The molecule has 1 rings (SSSR count). The van der Waals surface area contributed by atoms with Gasteiger partial charge < -0.3 is 67.8 Å². The molecule has 1 aliphatic rings. The maximum atomic E-state index is 13.5. The summed E-state index contributed by atoms with van der Waals surface area (Å²) in [5.74, 6) is -8.20. The van der Waals surface area contributed by atoms with Crippen LogP contribution in [0.25, 0.3) is 0 Å². The van der Waals surface area contributed by atoms with Crippen molar-refractivity contribution in [2.75, 3.05) is 39.3 Å². The average Bonchev–Trinajstić information content (AvgIpc) is 3.05. The molecule has 0 unspecified atom stereocenters. The van der Waals surface area contributed by atoms with E-state index in [2.05, 4.69) is 31.9 Å². The van der Waals surface area contributed by atoms with Gasteiger partial charge in [-0.05, 0) is 38.5 Å². The summed E-state index contributed by atoms with van der Waals surface area (Å²) < 4.78 is 0. The fourth-order valence-corrected chi connectivity index (χ4v) is 4.41. The van der Waals surface area contributed by atoms with E-state index in [1.807, 2.05) is 0 Å². The van der Waals surface area contributed by atoms with Gasteiger partial charge >= 0.3 is 17.1 Å². The van der Waals surface area contributed by atoms with Crippen LogP contribution in [0.4, 0.5) is 0 Å². The normalized spacial score (nSPS) is 20.8. The first-order chi connectivity index (χ1) is 23.5. The Labute approximate surface area is 303 Å².